The number of ether oxygens (including phenoxy) is 1. The van der Waals surface area contributed by atoms with Crippen molar-refractivity contribution < 1.29 is 9.84 Å². The Kier molecular flexibility index (Phi) is 11.9. The Hall–Kier alpha value is -0.120. The van der Waals surface area contributed by atoms with Crippen LogP contribution < -0.4 is 5.32 Å². The van der Waals surface area contributed by atoms with Crippen LogP contribution in [-0.2, 0) is 4.74 Å². The molecular weight excluding hydrogens is 226 g/mol. The quantitative estimate of drug-likeness (QED) is 0.499. The van der Waals surface area contributed by atoms with E-state index in [0.29, 0.717) is 0 Å². The maximum atomic E-state index is 9.42. The van der Waals surface area contributed by atoms with E-state index >= 15 is 0 Å². The van der Waals surface area contributed by atoms with E-state index in [4.69, 9.17) is 4.74 Å². The van der Waals surface area contributed by atoms with Crippen LogP contribution in [0.25, 0.3) is 0 Å². The van der Waals surface area contributed by atoms with Gasteiger partial charge in [0.15, 0.2) is 0 Å². The third-order valence-electron chi connectivity index (χ3n) is 3.31. The van der Waals surface area contributed by atoms with Gasteiger partial charge in [0.1, 0.15) is 0 Å². The molecule has 1 unspecified atom stereocenters. The van der Waals surface area contributed by atoms with Crippen molar-refractivity contribution in [1.29, 1.82) is 0 Å². The van der Waals surface area contributed by atoms with Crippen LogP contribution in [0.15, 0.2) is 0 Å². The molecule has 0 aromatic carbocycles. The van der Waals surface area contributed by atoms with Crippen LogP contribution in [0.5, 0.6) is 0 Å². The lowest BCUT2D eigenvalue weighted by molar-refractivity contribution is 0.118. The third kappa shape index (κ3) is 9.86. The number of hydrogen-bond acceptors (Lipinski definition) is 3. The number of aliphatic hydroxyl groups excluding tert-OH is 1. The van der Waals surface area contributed by atoms with Crippen molar-refractivity contribution in [3.8, 4) is 0 Å². The van der Waals surface area contributed by atoms with Gasteiger partial charge in [-0.15, -0.1) is 0 Å². The van der Waals surface area contributed by atoms with Crippen LogP contribution in [0, 0.1) is 0 Å². The molecular formula is C15H33NO2. The summed E-state index contributed by atoms with van der Waals surface area (Å²) in [6.07, 6.45) is 8.03. The van der Waals surface area contributed by atoms with Gasteiger partial charge in [0, 0.05) is 18.8 Å². The number of hydrogen-bond donors (Lipinski definition) is 2. The van der Waals surface area contributed by atoms with Gasteiger partial charge in [0.05, 0.1) is 6.61 Å². The van der Waals surface area contributed by atoms with Crippen molar-refractivity contribution in [3.05, 3.63) is 0 Å². The summed E-state index contributed by atoms with van der Waals surface area (Å²) < 4.78 is 5.58. The average molecular weight is 259 g/mol. The fourth-order valence-corrected chi connectivity index (χ4v) is 1.93. The molecule has 0 rings (SSSR count). The van der Waals surface area contributed by atoms with E-state index in [-0.39, 0.29) is 12.1 Å². The predicted molar refractivity (Wildman–Crippen MR) is 78.0 cm³/mol. The number of rotatable bonds is 13. The molecule has 18 heavy (non-hydrogen) atoms. The van der Waals surface area contributed by atoms with Crippen LogP contribution in [0.4, 0.5) is 0 Å². The van der Waals surface area contributed by atoms with E-state index in [9.17, 15) is 5.11 Å². The molecule has 3 nitrogen and oxygen atoms in total. The highest BCUT2D eigenvalue weighted by Crippen LogP contribution is 2.13. The smallest absolute Gasteiger partial charge is 0.0610 e. The average Bonchev–Trinajstić information content (AvgIpc) is 2.39. The lowest BCUT2D eigenvalue weighted by Gasteiger charge is -2.28. The molecule has 0 aliphatic carbocycles. The predicted octanol–water partition coefficient (Wildman–Crippen LogP) is 3.11. The monoisotopic (exact) mass is 259 g/mol. The highest BCUT2D eigenvalue weighted by Gasteiger charge is 2.21. The lowest BCUT2D eigenvalue weighted by atomic mass is 9.95. The minimum absolute atomic E-state index is 0.113. The van der Waals surface area contributed by atoms with Gasteiger partial charge < -0.3 is 15.2 Å². The minimum atomic E-state index is -0.113. The second kappa shape index (κ2) is 11.9. The Labute approximate surface area is 113 Å². The molecule has 0 aromatic heterocycles. The Morgan fingerprint density at radius 1 is 1.00 bits per heavy atom. The summed E-state index contributed by atoms with van der Waals surface area (Å²) in [4.78, 5) is 0. The highest BCUT2D eigenvalue weighted by atomic mass is 16.5. The number of unbranched alkanes of at least 4 members (excludes halogenated alkanes) is 3. The second-order valence-corrected chi connectivity index (χ2v) is 5.42. The van der Waals surface area contributed by atoms with E-state index in [0.717, 1.165) is 45.4 Å². The lowest BCUT2D eigenvalue weighted by Crippen LogP contribution is -2.46. The summed E-state index contributed by atoms with van der Waals surface area (Å²) in [6, 6.07) is 0. The van der Waals surface area contributed by atoms with Gasteiger partial charge in [0.2, 0.25) is 0 Å². The zero-order valence-corrected chi connectivity index (χ0v) is 12.6. The van der Waals surface area contributed by atoms with Crippen molar-refractivity contribution in [3.63, 3.8) is 0 Å². The van der Waals surface area contributed by atoms with Crippen LogP contribution >= 0.6 is 0 Å². The van der Waals surface area contributed by atoms with E-state index in [2.05, 4.69) is 26.1 Å². The van der Waals surface area contributed by atoms with Crippen LogP contribution in [0.2, 0.25) is 0 Å². The first-order valence-electron chi connectivity index (χ1n) is 7.62. The molecule has 0 radical (unpaired) electrons. The van der Waals surface area contributed by atoms with Crippen LogP contribution in [0.1, 0.15) is 65.7 Å². The Morgan fingerprint density at radius 3 is 2.22 bits per heavy atom. The fraction of sp³-hybridized carbons (Fsp3) is 1.00. The molecule has 0 aliphatic heterocycles. The van der Waals surface area contributed by atoms with Gasteiger partial charge in [-0.25, -0.2) is 0 Å². The summed E-state index contributed by atoms with van der Waals surface area (Å²) in [5, 5.41) is 12.8. The molecule has 0 bridgehead atoms. The van der Waals surface area contributed by atoms with Gasteiger partial charge in [-0.1, -0.05) is 26.7 Å². The van der Waals surface area contributed by atoms with Gasteiger partial charge in [-0.3, -0.25) is 0 Å². The summed E-state index contributed by atoms with van der Waals surface area (Å²) in [5.41, 5.74) is -0.113. The molecule has 3 heteroatoms. The fourth-order valence-electron chi connectivity index (χ4n) is 1.93. The van der Waals surface area contributed by atoms with E-state index in [1.54, 1.807) is 0 Å². The molecule has 0 fully saturated rings. The molecule has 0 spiro atoms. The molecule has 2 N–H and O–H groups in total. The van der Waals surface area contributed by atoms with Crippen molar-refractivity contribution in [2.24, 2.45) is 0 Å². The Bertz CT molecular complexity index is 176. The van der Waals surface area contributed by atoms with Gasteiger partial charge in [-0.05, 0) is 45.6 Å². The summed E-state index contributed by atoms with van der Waals surface area (Å²) in [7, 11) is 0. The molecule has 0 saturated carbocycles. The minimum Gasteiger partial charge on any atom is -0.394 e. The van der Waals surface area contributed by atoms with Gasteiger partial charge in [0.25, 0.3) is 0 Å². The zero-order valence-electron chi connectivity index (χ0n) is 12.6. The number of aliphatic hydroxyl groups is 1. The third-order valence-corrected chi connectivity index (χ3v) is 3.31. The van der Waals surface area contributed by atoms with Crippen molar-refractivity contribution in [2.75, 3.05) is 26.4 Å². The molecule has 1 atom stereocenters. The molecule has 0 amide bonds. The first kappa shape index (κ1) is 17.9. The van der Waals surface area contributed by atoms with Crippen molar-refractivity contribution >= 4 is 0 Å². The Morgan fingerprint density at radius 2 is 1.67 bits per heavy atom. The maximum Gasteiger partial charge on any atom is 0.0610 e. The Balaban J connectivity index is 3.44. The highest BCUT2D eigenvalue weighted by molar-refractivity contribution is 4.81. The van der Waals surface area contributed by atoms with E-state index < -0.39 is 0 Å². The summed E-state index contributed by atoms with van der Waals surface area (Å²) >= 11 is 0. The zero-order chi connectivity index (χ0) is 13.7. The molecule has 110 valence electrons. The van der Waals surface area contributed by atoms with Gasteiger partial charge in [-0.2, -0.15) is 0 Å². The van der Waals surface area contributed by atoms with Crippen LogP contribution in [0.3, 0.4) is 0 Å². The SMILES string of the molecule is CCCCCOCCCCC(C)(CO)NCCC. The standard InChI is InChI=1S/C15H33NO2/c1-4-6-8-12-18-13-9-7-10-15(3,14-17)16-11-5-2/h16-17H,4-14H2,1-3H3. The first-order chi connectivity index (χ1) is 8.68. The largest absolute Gasteiger partial charge is 0.394 e. The molecule has 0 saturated heterocycles. The second-order valence-electron chi connectivity index (χ2n) is 5.42. The molecule has 0 heterocycles. The molecule has 0 aromatic rings. The normalized spacial score (nSPS) is 14.7. The molecule has 0 aliphatic rings. The summed E-state index contributed by atoms with van der Waals surface area (Å²) in [6.45, 7) is 9.41. The van der Waals surface area contributed by atoms with Gasteiger partial charge >= 0.3 is 0 Å². The van der Waals surface area contributed by atoms with Crippen molar-refractivity contribution in [1.82, 2.24) is 5.32 Å². The van der Waals surface area contributed by atoms with E-state index in [1.165, 1.54) is 19.3 Å². The topological polar surface area (TPSA) is 41.5 Å². The van der Waals surface area contributed by atoms with Crippen molar-refractivity contribution in [2.45, 2.75) is 71.3 Å². The number of nitrogens with one attached hydrogen (secondary N) is 1. The first-order valence-corrected chi connectivity index (χ1v) is 7.62. The van der Waals surface area contributed by atoms with E-state index in [1.807, 2.05) is 0 Å². The maximum absolute atomic E-state index is 9.42. The summed E-state index contributed by atoms with van der Waals surface area (Å²) in [5.74, 6) is 0. The van der Waals surface area contributed by atoms with Crippen LogP contribution in [-0.4, -0.2) is 37.0 Å².